The van der Waals surface area contributed by atoms with Crippen molar-refractivity contribution in [3.8, 4) is 0 Å². The Kier molecular flexibility index (Phi) is 5.50. The van der Waals surface area contributed by atoms with Gasteiger partial charge in [0, 0.05) is 36.5 Å². The molecule has 1 aromatic heterocycles. The van der Waals surface area contributed by atoms with E-state index in [9.17, 15) is 18.4 Å². The van der Waals surface area contributed by atoms with Crippen molar-refractivity contribution in [1.29, 1.82) is 0 Å². The molecule has 0 bridgehead atoms. The summed E-state index contributed by atoms with van der Waals surface area (Å²) in [7, 11) is 1.42. The molecule has 3 rings (SSSR count). The molecule has 2 atom stereocenters. The molecule has 2 aromatic rings. The highest BCUT2D eigenvalue weighted by Crippen LogP contribution is 2.47. The van der Waals surface area contributed by atoms with Crippen LogP contribution in [0.1, 0.15) is 33.8 Å². The molecule has 2 amide bonds. The van der Waals surface area contributed by atoms with Crippen LogP contribution < -0.4 is 5.32 Å². The lowest BCUT2D eigenvalue weighted by molar-refractivity contribution is -0.116. The molecule has 1 N–H and O–H groups in total. The normalized spacial score (nSPS) is 18.1. The van der Waals surface area contributed by atoms with E-state index in [1.807, 2.05) is 6.92 Å². The molecular formula is C18H17BrF2N4O2. The molecule has 27 heavy (non-hydrogen) atoms. The monoisotopic (exact) mass is 438 g/mol. The smallest absolute Gasteiger partial charge is 0.254 e. The molecule has 1 fully saturated rings. The summed E-state index contributed by atoms with van der Waals surface area (Å²) in [6.45, 7) is 1.53. The minimum Gasteiger partial charge on any atom is -0.332 e. The maximum atomic E-state index is 14.5. The molecule has 0 aliphatic heterocycles. The van der Waals surface area contributed by atoms with Gasteiger partial charge in [-0.3, -0.25) is 14.9 Å². The van der Waals surface area contributed by atoms with Gasteiger partial charge >= 0.3 is 0 Å². The molecule has 1 aliphatic carbocycles. The molecule has 1 aromatic carbocycles. The van der Waals surface area contributed by atoms with Gasteiger partial charge in [-0.05, 0) is 47.0 Å². The van der Waals surface area contributed by atoms with E-state index in [1.165, 1.54) is 19.2 Å². The molecule has 0 spiro atoms. The van der Waals surface area contributed by atoms with E-state index in [0.29, 0.717) is 0 Å². The van der Waals surface area contributed by atoms with Gasteiger partial charge in [-0.15, -0.1) is 0 Å². The van der Waals surface area contributed by atoms with Crippen molar-refractivity contribution >= 4 is 33.7 Å². The number of hydrogen-bond acceptors (Lipinski definition) is 4. The zero-order valence-electron chi connectivity index (χ0n) is 14.7. The molecule has 1 heterocycles. The topological polar surface area (TPSA) is 75.2 Å². The van der Waals surface area contributed by atoms with Gasteiger partial charge < -0.3 is 4.90 Å². The molecule has 9 heteroatoms. The lowest BCUT2D eigenvalue weighted by Gasteiger charge is -2.19. The number of anilines is 1. The molecule has 2 unspecified atom stereocenters. The Morgan fingerprint density at radius 2 is 1.96 bits per heavy atom. The highest BCUT2D eigenvalue weighted by molar-refractivity contribution is 9.10. The van der Waals surface area contributed by atoms with Crippen molar-refractivity contribution in [2.75, 3.05) is 18.9 Å². The number of likely N-dealkylation sites (N-methyl/N-ethyl adjacent to an activating group) is 1. The van der Waals surface area contributed by atoms with E-state index in [-0.39, 0.29) is 34.5 Å². The summed E-state index contributed by atoms with van der Waals surface area (Å²) in [5.41, 5.74) is 0.954. The van der Waals surface area contributed by atoms with Crippen LogP contribution >= 0.6 is 15.9 Å². The second kappa shape index (κ2) is 7.67. The Balaban J connectivity index is 1.73. The Morgan fingerprint density at radius 1 is 1.33 bits per heavy atom. The van der Waals surface area contributed by atoms with Gasteiger partial charge in [0.1, 0.15) is 12.0 Å². The van der Waals surface area contributed by atoms with Gasteiger partial charge in [0.2, 0.25) is 11.9 Å². The SMILES string of the molecule is Cc1cnc(NC(=O)CN(C)C(=O)c2ccc(Br)c(F)c2C2CC2F)nc1. The molecule has 0 saturated heterocycles. The molecule has 142 valence electrons. The van der Waals surface area contributed by atoms with E-state index in [0.717, 1.165) is 10.5 Å². The third kappa shape index (κ3) is 4.29. The van der Waals surface area contributed by atoms with Gasteiger partial charge in [0.05, 0.1) is 11.0 Å². The van der Waals surface area contributed by atoms with E-state index in [1.54, 1.807) is 12.4 Å². The zero-order valence-corrected chi connectivity index (χ0v) is 16.3. The summed E-state index contributed by atoms with van der Waals surface area (Å²) in [4.78, 5) is 33.9. The summed E-state index contributed by atoms with van der Waals surface area (Å²) in [5.74, 6) is -2.21. The average Bonchev–Trinajstić information content (AvgIpc) is 3.34. The standard InChI is InChI=1S/C18H17BrF2N4O2/c1-9-6-22-18(23-7-9)24-14(26)8-25(2)17(27)10-3-4-12(19)16(21)15(10)11-5-13(11)20/h3-4,6-7,11,13H,5,8H2,1-2H3,(H,22,23,24,26). The number of aryl methyl sites for hydroxylation is 1. The summed E-state index contributed by atoms with van der Waals surface area (Å²) >= 11 is 3.06. The number of carbonyl (C=O) groups is 2. The number of carbonyl (C=O) groups excluding carboxylic acids is 2. The molecule has 1 saturated carbocycles. The number of aromatic nitrogens is 2. The molecule has 1 aliphatic rings. The van der Waals surface area contributed by atoms with Crippen molar-refractivity contribution in [3.63, 3.8) is 0 Å². The van der Waals surface area contributed by atoms with Crippen molar-refractivity contribution < 1.29 is 18.4 Å². The zero-order chi connectivity index (χ0) is 19.7. The number of amides is 2. The van der Waals surface area contributed by atoms with Crippen molar-refractivity contribution in [2.24, 2.45) is 0 Å². The highest BCUT2D eigenvalue weighted by Gasteiger charge is 2.43. The van der Waals surface area contributed by atoms with Crippen LogP contribution in [-0.4, -0.2) is 46.4 Å². The first-order valence-electron chi connectivity index (χ1n) is 8.24. The number of nitrogens with one attached hydrogen (secondary N) is 1. The third-order valence-corrected chi connectivity index (χ3v) is 4.82. The lowest BCUT2D eigenvalue weighted by atomic mass is 10.0. The van der Waals surface area contributed by atoms with E-state index in [4.69, 9.17) is 0 Å². The fraction of sp³-hybridized carbons (Fsp3) is 0.333. The van der Waals surface area contributed by atoms with E-state index < -0.39 is 29.7 Å². The first-order chi connectivity index (χ1) is 12.8. The minimum absolute atomic E-state index is 0.0519. The summed E-state index contributed by atoms with van der Waals surface area (Å²) in [5, 5.41) is 2.49. The van der Waals surface area contributed by atoms with Gasteiger partial charge in [-0.2, -0.15) is 0 Å². The number of nitrogens with zero attached hydrogens (tertiary/aromatic N) is 3. The predicted octanol–water partition coefficient (Wildman–Crippen LogP) is 3.22. The lowest BCUT2D eigenvalue weighted by Crippen LogP contribution is -2.35. The van der Waals surface area contributed by atoms with Crippen LogP contribution in [0.3, 0.4) is 0 Å². The highest BCUT2D eigenvalue weighted by atomic mass is 79.9. The van der Waals surface area contributed by atoms with Crippen LogP contribution in [0.15, 0.2) is 29.0 Å². The molecule has 6 nitrogen and oxygen atoms in total. The number of rotatable bonds is 5. The molecular weight excluding hydrogens is 422 g/mol. The summed E-state index contributed by atoms with van der Waals surface area (Å²) in [6, 6.07) is 2.84. The van der Waals surface area contributed by atoms with Crippen molar-refractivity contribution in [3.05, 3.63) is 51.5 Å². The summed E-state index contributed by atoms with van der Waals surface area (Å²) < 4.78 is 28.1. The number of halogens is 3. The molecule has 0 radical (unpaired) electrons. The van der Waals surface area contributed by atoms with Crippen LogP contribution in [0.5, 0.6) is 0 Å². The van der Waals surface area contributed by atoms with Crippen LogP contribution in [-0.2, 0) is 4.79 Å². The Morgan fingerprint density at radius 3 is 2.56 bits per heavy atom. The van der Waals surface area contributed by atoms with Gasteiger partial charge in [0.25, 0.3) is 5.91 Å². The number of hydrogen-bond donors (Lipinski definition) is 1. The number of benzene rings is 1. The summed E-state index contributed by atoms with van der Waals surface area (Å²) in [6.07, 6.45) is 2.13. The fourth-order valence-electron chi connectivity index (χ4n) is 2.69. The van der Waals surface area contributed by atoms with E-state index >= 15 is 0 Å². The minimum atomic E-state index is -1.16. The van der Waals surface area contributed by atoms with Crippen LogP contribution in [0, 0.1) is 12.7 Å². The predicted molar refractivity (Wildman–Crippen MR) is 98.7 cm³/mol. The first kappa shape index (κ1) is 19.3. The van der Waals surface area contributed by atoms with Crippen LogP contribution in [0.25, 0.3) is 0 Å². The van der Waals surface area contributed by atoms with Gasteiger partial charge in [-0.25, -0.2) is 18.7 Å². The maximum absolute atomic E-state index is 14.5. The van der Waals surface area contributed by atoms with Gasteiger partial charge in [0.15, 0.2) is 0 Å². The Hall–Kier alpha value is -2.42. The Bertz CT molecular complexity index is 892. The van der Waals surface area contributed by atoms with Gasteiger partial charge in [-0.1, -0.05) is 0 Å². The van der Waals surface area contributed by atoms with Crippen molar-refractivity contribution in [1.82, 2.24) is 14.9 Å². The van der Waals surface area contributed by atoms with Crippen molar-refractivity contribution in [2.45, 2.75) is 25.4 Å². The number of alkyl halides is 1. The largest absolute Gasteiger partial charge is 0.332 e. The second-order valence-corrected chi connectivity index (χ2v) is 7.33. The third-order valence-electron chi connectivity index (χ3n) is 4.21. The van der Waals surface area contributed by atoms with E-state index in [2.05, 4.69) is 31.2 Å². The average molecular weight is 439 g/mol. The maximum Gasteiger partial charge on any atom is 0.254 e. The van der Waals surface area contributed by atoms with Crippen LogP contribution in [0.4, 0.5) is 14.7 Å². The fourth-order valence-corrected chi connectivity index (χ4v) is 3.04. The Labute approximate surface area is 163 Å². The van der Waals surface area contributed by atoms with Crippen LogP contribution in [0.2, 0.25) is 0 Å². The first-order valence-corrected chi connectivity index (χ1v) is 9.03. The second-order valence-electron chi connectivity index (χ2n) is 6.47. The quantitative estimate of drug-likeness (QED) is 0.777.